The summed E-state index contributed by atoms with van der Waals surface area (Å²) in [5.74, 6) is 0. The first-order valence-corrected chi connectivity index (χ1v) is 3.29. The van der Waals surface area contributed by atoms with E-state index in [9.17, 15) is 0 Å². The summed E-state index contributed by atoms with van der Waals surface area (Å²) in [6.45, 7) is 2.59. The second-order valence-electron chi connectivity index (χ2n) is 1.81. The Kier molecular flexibility index (Phi) is 8.77. The highest BCUT2D eigenvalue weighted by atomic mass is 16.5. The van der Waals surface area contributed by atoms with Crippen LogP contribution in [-0.2, 0) is 14.2 Å². The summed E-state index contributed by atoms with van der Waals surface area (Å²) in [6.07, 6.45) is 1.93. The maximum Gasteiger partial charge on any atom is 0.0700 e. The van der Waals surface area contributed by atoms with E-state index in [0.717, 1.165) is 0 Å². The predicted molar refractivity (Wildman–Crippen MR) is 38.9 cm³/mol. The molecule has 61 valence electrons. The fourth-order valence-electron chi connectivity index (χ4n) is 0.475. The summed E-state index contributed by atoms with van der Waals surface area (Å²) in [7, 11) is 3.31. The van der Waals surface area contributed by atoms with Gasteiger partial charge in [0.1, 0.15) is 0 Å². The van der Waals surface area contributed by atoms with Crippen LogP contribution >= 0.6 is 0 Å². The normalized spacial score (nSPS) is 10.2. The summed E-state index contributed by atoms with van der Waals surface area (Å²) in [4.78, 5) is 0. The molecule has 1 radical (unpaired) electrons. The zero-order valence-electron chi connectivity index (χ0n) is 6.63. The minimum atomic E-state index is 0.636. The molecule has 0 aromatic rings. The number of ether oxygens (including phenoxy) is 3. The molecule has 3 heteroatoms. The maximum atomic E-state index is 5.12. The van der Waals surface area contributed by atoms with Gasteiger partial charge in [0.15, 0.2) is 0 Å². The van der Waals surface area contributed by atoms with Crippen molar-refractivity contribution in [3.05, 3.63) is 6.42 Å². The average molecular weight is 147 g/mol. The lowest BCUT2D eigenvalue weighted by Gasteiger charge is -2.01. The maximum absolute atomic E-state index is 5.12. The fourth-order valence-corrected chi connectivity index (χ4v) is 0.475. The molecule has 0 rings (SSSR count). The fraction of sp³-hybridized carbons (Fsp3) is 0.857. The second kappa shape index (κ2) is 8.88. The van der Waals surface area contributed by atoms with Crippen molar-refractivity contribution in [1.82, 2.24) is 0 Å². The lowest BCUT2D eigenvalue weighted by atomic mass is 10.5. The van der Waals surface area contributed by atoms with Crippen LogP contribution < -0.4 is 0 Å². The van der Waals surface area contributed by atoms with E-state index in [1.165, 1.54) is 0 Å². The predicted octanol–water partition coefficient (Wildman–Crippen LogP) is 0.500. The van der Waals surface area contributed by atoms with Gasteiger partial charge in [-0.2, -0.15) is 0 Å². The van der Waals surface area contributed by atoms with Gasteiger partial charge in [-0.05, 0) is 0 Å². The molecule has 10 heavy (non-hydrogen) atoms. The molecule has 0 fully saturated rings. The first-order chi connectivity index (χ1) is 4.91. The third-order valence-corrected chi connectivity index (χ3v) is 0.952. The van der Waals surface area contributed by atoms with Crippen molar-refractivity contribution in [3.8, 4) is 0 Å². The Labute approximate surface area is 62.3 Å². The van der Waals surface area contributed by atoms with Crippen LogP contribution in [-0.4, -0.2) is 40.6 Å². The van der Waals surface area contributed by atoms with E-state index in [2.05, 4.69) is 0 Å². The molecule has 0 aliphatic rings. The van der Waals surface area contributed by atoms with Gasteiger partial charge in [-0.25, -0.2) is 0 Å². The molecule has 0 bridgehead atoms. The van der Waals surface area contributed by atoms with Crippen molar-refractivity contribution in [3.63, 3.8) is 0 Å². The molecular weight excluding hydrogens is 132 g/mol. The molecule has 0 saturated carbocycles. The van der Waals surface area contributed by atoms with Gasteiger partial charge in [-0.1, -0.05) is 0 Å². The Morgan fingerprint density at radius 1 is 1.00 bits per heavy atom. The van der Waals surface area contributed by atoms with Gasteiger partial charge in [0, 0.05) is 20.6 Å². The van der Waals surface area contributed by atoms with E-state index in [1.807, 2.05) is 6.42 Å². The lowest BCUT2D eigenvalue weighted by Crippen LogP contribution is -2.05. The summed E-state index contributed by atoms with van der Waals surface area (Å²) in [5, 5.41) is 0. The number of hydrogen-bond donors (Lipinski definition) is 0. The molecule has 0 N–H and O–H groups in total. The Balaban J connectivity index is 2.65. The molecule has 0 aromatic heterocycles. The molecule has 0 atom stereocenters. The first kappa shape index (κ1) is 9.88. The Bertz CT molecular complexity index is 48.8. The molecular formula is C7H15O3. The van der Waals surface area contributed by atoms with E-state index >= 15 is 0 Å². The van der Waals surface area contributed by atoms with Crippen molar-refractivity contribution in [2.24, 2.45) is 0 Å². The highest BCUT2D eigenvalue weighted by Gasteiger charge is 1.87. The average Bonchev–Trinajstić information content (AvgIpc) is 1.97. The Morgan fingerprint density at radius 3 is 2.40 bits per heavy atom. The van der Waals surface area contributed by atoms with Crippen LogP contribution in [0.1, 0.15) is 0 Å². The molecule has 0 amide bonds. The molecule has 0 unspecified atom stereocenters. The van der Waals surface area contributed by atoms with Crippen LogP contribution in [0.2, 0.25) is 0 Å². The van der Waals surface area contributed by atoms with Crippen molar-refractivity contribution >= 4 is 0 Å². The highest BCUT2D eigenvalue weighted by molar-refractivity contribution is 4.60. The first-order valence-electron chi connectivity index (χ1n) is 3.29. The standard InChI is InChI=1S/C7H15O3/c1-8-4-3-5-10-7-6-9-2/h3H,4-7H2,1-2H3. The quantitative estimate of drug-likeness (QED) is 0.491. The molecule has 0 spiro atoms. The minimum Gasteiger partial charge on any atom is -0.384 e. The van der Waals surface area contributed by atoms with E-state index in [1.54, 1.807) is 14.2 Å². The largest absolute Gasteiger partial charge is 0.384 e. The van der Waals surface area contributed by atoms with Crippen LogP contribution in [0.5, 0.6) is 0 Å². The SMILES string of the molecule is COC[CH]COCCOC. The third-order valence-electron chi connectivity index (χ3n) is 0.952. The summed E-state index contributed by atoms with van der Waals surface area (Å²) in [6, 6.07) is 0. The van der Waals surface area contributed by atoms with Gasteiger partial charge in [-0.15, -0.1) is 0 Å². The van der Waals surface area contributed by atoms with E-state index in [-0.39, 0.29) is 0 Å². The lowest BCUT2D eigenvalue weighted by molar-refractivity contribution is 0.0754. The van der Waals surface area contributed by atoms with Crippen LogP contribution in [0.15, 0.2) is 0 Å². The zero-order chi connectivity index (χ0) is 7.66. The number of hydrogen-bond acceptors (Lipinski definition) is 3. The summed E-state index contributed by atoms with van der Waals surface area (Å²) in [5.41, 5.74) is 0. The van der Waals surface area contributed by atoms with E-state index in [0.29, 0.717) is 26.4 Å². The van der Waals surface area contributed by atoms with Crippen LogP contribution in [0.3, 0.4) is 0 Å². The van der Waals surface area contributed by atoms with Crippen molar-refractivity contribution in [2.45, 2.75) is 0 Å². The van der Waals surface area contributed by atoms with Gasteiger partial charge >= 0.3 is 0 Å². The molecule has 0 aromatic carbocycles. The van der Waals surface area contributed by atoms with Crippen molar-refractivity contribution in [2.75, 3.05) is 40.6 Å². The zero-order valence-corrected chi connectivity index (χ0v) is 6.63. The van der Waals surface area contributed by atoms with Gasteiger partial charge in [-0.3, -0.25) is 0 Å². The molecule has 3 nitrogen and oxygen atoms in total. The third kappa shape index (κ3) is 7.88. The molecule has 0 saturated heterocycles. The van der Waals surface area contributed by atoms with Gasteiger partial charge in [0.25, 0.3) is 0 Å². The molecule has 0 aliphatic heterocycles. The Morgan fingerprint density at radius 2 is 1.80 bits per heavy atom. The van der Waals surface area contributed by atoms with E-state index in [4.69, 9.17) is 14.2 Å². The van der Waals surface area contributed by atoms with Gasteiger partial charge < -0.3 is 14.2 Å². The van der Waals surface area contributed by atoms with Crippen LogP contribution in [0.4, 0.5) is 0 Å². The van der Waals surface area contributed by atoms with Gasteiger partial charge in [0.05, 0.1) is 26.4 Å². The van der Waals surface area contributed by atoms with Crippen molar-refractivity contribution in [1.29, 1.82) is 0 Å². The second-order valence-corrected chi connectivity index (χ2v) is 1.81. The topological polar surface area (TPSA) is 27.7 Å². The summed E-state index contributed by atoms with van der Waals surface area (Å²) >= 11 is 0. The van der Waals surface area contributed by atoms with E-state index < -0.39 is 0 Å². The van der Waals surface area contributed by atoms with Gasteiger partial charge in [0.2, 0.25) is 0 Å². The van der Waals surface area contributed by atoms with Crippen LogP contribution in [0.25, 0.3) is 0 Å². The molecule has 0 heterocycles. The smallest absolute Gasteiger partial charge is 0.0700 e. The Hall–Kier alpha value is -0.120. The minimum absolute atomic E-state index is 0.636. The number of rotatable bonds is 7. The monoisotopic (exact) mass is 147 g/mol. The van der Waals surface area contributed by atoms with Crippen molar-refractivity contribution < 1.29 is 14.2 Å². The highest BCUT2D eigenvalue weighted by Crippen LogP contribution is 1.81. The molecule has 0 aliphatic carbocycles. The van der Waals surface area contributed by atoms with Crippen LogP contribution in [0, 0.1) is 6.42 Å². The summed E-state index contributed by atoms with van der Waals surface area (Å²) < 4.78 is 14.7. The number of methoxy groups -OCH3 is 2.